The number of nitrogens with one attached hydrogen (secondary N) is 2. The molecule has 0 aromatic rings. The molecule has 2 nitrogen and oxygen atoms in total. The summed E-state index contributed by atoms with van der Waals surface area (Å²) in [5.74, 6) is 0. The van der Waals surface area contributed by atoms with Crippen molar-refractivity contribution in [3.63, 3.8) is 0 Å². The van der Waals surface area contributed by atoms with Crippen molar-refractivity contribution in [3.05, 3.63) is 23.9 Å². The second-order valence-corrected chi connectivity index (χ2v) is 3.77. The summed E-state index contributed by atoms with van der Waals surface area (Å²) in [5, 5.41) is 6.40. The summed E-state index contributed by atoms with van der Waals surface area (Å²) in [6.07, 6.45) is 7.45. The molecular weight excluding hydrogens is 226 g/mol. The Morgan fingerprint density at radius 2 is 2.00 bits per heavy atom. The Morgan fingerprint density at radius 3 is 2.31 bits per heavy atom. The molecule has 1 rings (SSSR count). The molecule has 2 N–H and O–H groups in total. The van der Waals surface area contributed by atoms with Crippen LogP contribution >= 0.6 is 34.1 Å². The van der Waals surface area contributed by atoms with Crippen LogP contribution in [0.2, 0.25) is 0 Å². The SMILES string of the molecule is CNC1=CCC(P)(NC)C=C1.Cl.Cl. The van der Waals surface area contributed by atoms with E-state index in [0.717, 1.165) is 6.42 Å². The zero-order valence-corrected chi connectivity index (χ0v) is 10.6. The molecule has 0 radical (unpaired) electrons. The Morgan fingerprint density at radius 1 is 1.38 bits per heavy atom. The molecule has 2 unspecified atom stereocenters. The van der Waals surface area contributed by atoms with Gasteiger partial charge in [0.05, 0.1) is 5.28 Å². The first kappa shape index (κ1) is 15.7. The lowest BCUT2D eigenvalue weighted by molar-refractivity contribution is 0.609. The summed E-state index contributed by atoms with van der Waals surface area (Å²) in [6.45, 7) is 0. The van der Waals surface area contributed by atoms with Gasteiger partial charge in [-0.3, -0.25) is 0 Å². The van der Waals surface area contributed by atoms with Crippen LogP contribution in [0.1, 0.15) is 6.42 Å². The lowest BCUT2D eigenvalue weighted by atomic mass is 10.1. The second-order valence-electron chi connectivity index (χ2n) is 2.74. The molecule has 0 aromatic heterocycles. The summed E-state index contributed by atoms with van der Waals surface area (Å²) in [7, 11) is 6.71. The average Bonchev–Trinajstić information content (AvgIpc) is 2.06. The van der Waals surface area contributed by atoms with Gasteiger partial charge in [0.2, 0.25) is 0 Å². The van der Waals surface area contributed by atoms with E-state index in [-0.39, 0.29) is 30.1 Å². The fourth-order valence-electron chi connectivity index (χ4n) is 1.02. The minimum absolute atomic E-state index is 0. The number of allylic oxidation sites excluding steroid dienone is 1. The summed E-state index contributed by atoms with van der Waals surface area (Å²) >= 11 is 0. The van der Waals surface area contributed by atoms with Crippen molar-refractivity contribution in [1.82, 2.24) is 10.6 Å². The van der Waals surface area contributed by atoms with E-state index < -0.39 is 0 Å². The Bertz CT molecular complexity index is 206. The topological polar surface area (TPSA) is 24.1 Å². The molecule has 0 saturated carbocycles. The number of likely N-dealkylation sites (N-methyl/N-ethyl adjacent to an activating group) is 2. The first-order valence-electron chi connectivity index (χ1n) is 3.75. The summed E-state index contributed by atoms with van der Waals surface area (Å²) in [6, 6.07) is 0. The highest BCUT2D eigenvalue weighted by Crippen LogP contribution is 2.25. The lowest BCUT2D eigenvalue weighted by Crippen LogP contribution is -2.35. The Balaban J connectivity index is 0. The van der Waals surface area contributed by atoms with Crippen LogP contribution in [0.15, 0.2) is 23.9 Å². The molecule has 1 aliphatic carbocycles. The molecule has 0 spiro atoms. The monoisotopic (exact) mass is 242 g/mol. The maximum Gasteiger partial charge on any atom is 0.0542 e. The molecule has 0 bridgehead atoms. The van der Waals surface area contributed by atoms with E-state index in [9.17, 15) is 0 Å². The summed E-state index contributed by atoms with van der Waals surface area (Å²) in [5.41, 5.74) is 1.19. The number of hydrogen-bond acceptors (Lipinski definition) is 2. The molecule has 1 aliphatic rings. The van der Waals surface area contributed by atoms with Crippen molar-refractivity contribution < 1.29 is 0 Å². The number of halogens is 2. The Hall–Kier alpha value is 0.250. The van der Waals surface area contributed by atoms with Crippen LogP contribution in [0.5, 0.6) is 0 Å². The van der Waals surface area contributed by atoms with E-state index in [0.29, 0.717) is 0 Å². The van der Waals surface area contributed by atoms with Gasteiger partial charge < -0.3 is 10.6 Å². The van der Waals surface area contributed by atoms with Crippen molar-refractivity contribution in [1.29, 1.82) is 0 Å². The van der Waals surface area contributed by atoms with Crippen LogP contribution in [0, 0.1) is 0 Å². The molecule has 2 atom stereocenters. The van der Waals surface area contributed by atoms with E-state index >= 15 is 0 Å². The van der Waals surface area contributed by atoms with Crippen LogP contribution in [0.3, 0.4) is 0 Å². The zero-order chi connectivity index (χ0) is 8.32. The third-order valence-electron chi connectivity index (χ3n) is 1.97. The van der Waals surface area contributed by atoms with Gasteiger partial charge in [0.25, 0.3) is 0 Å². The van der Waals surface area contributed by atoms with Gasteiger partial charge in [-0.1, -0.05) is 12.2 Å². The smallest absolute Gasteiger partial charge is 0.0542 e. The standard InChI is InChI=1S/C8H15N2P.2ClH/c1-9-7-3-5-8(11,10-2)6-4-7;;/h3-5,9-10H,6,11H2,1-2H3;2*1H. The fourth-order valence-corrected chi connectivity index (χ4v) is 1.24. The first-order valence-corrected chi connectivity index (χ1v) is 4.33. The van der Waals surface area contributed by atoms with Crippen LogP contribution in [-0.2, 0) is 0 Å². The van der Waals surface area contributed by atoms with Crippen LogP contribution < -0.4 is 10.6 Å². The highest BCUT2D eigenvalue weighted by Gasteiger charge is 2.19. The van der Waals surface area contributed by atoms with Crippen molar-refractivity contribution in [2.24, 2.45) is 0 Å². The second kappa shape index (κ2) is 6.67. The third-order valence-corrected chi connectivity index (χ3v) is 2.69. The van der Waals surface area contributed by atoms with E-state index in [4.69, 9.17) is 0 Å². The minimum atomic E-state index is 0. The molecule has 0 aromatic carbocycles. The van der Waals surface area contributed by atoms with E-state index in [1.54, 1.807) is 0 Å². The maximum absolute atomic E-state index is 3.23. The van der Waals surface area contributed by atoms with Gasteiger partial charge in [0.1, 0.15) is 0 Å². The van der Waals surface area contributed by atoms with E-state index in [2.05, 4.69) is 38.1 Å². The molecule has 13 heavy (non-hydrogen) atoms. The van der Waals surface area contributed by atoms with Gasteiger partial charge in [-0.15, -0.1) is 34.1 Å². The number of hydrogen-bond donors (Lipinski definition) is 2. The normalized spacial score (nSPS) is 25.3. The van der Waals surface area contributed by atoms with E-state index in [1.165, 1.54) is 5.70 Å². The van der Waals surface area contributed by atoms with Crippen LogP contribution in [-0.4, -0.2) is 19.4 Å². The van der Waals surface area contributed by atoms with Gasteiger partial charge in [-0.05, 0) is 19.5 Å². The maximum atomic E-state index is 3.23. The van der Waals surface area contributed by atoms with Gasteiger partial charge in [-0.2, -0.15) is 0 Å². The predicted molar refractivity (Wildman–Crippen MR) is 66.9 cm³/mol. The van der Waals surface area contributed by atoms with Crippen molar-refractivity contribution >= 4 is 34.1 Å². The Kier molecular flexibility index (Phi) is 8.06. The molecule has 0 amide bonds. The minimum Gasteiger partial charge on any atom is -0.388 e. The summed E-state index contributed by atoms with van der Waals surface area (Å²) < 4.78 is 0. The Labute approximate surface area is 94.6 Å². The van der Waals surface area contributed by atoms with Crippen molar-refractivity contribution in [2.45, 2.75) is 11.7 Å². The molecule has 0 fully saturated rings. The molecule has 0 aliphatic heterocycles. The molecule has 0 heterocycles. The van der Waals surface area contributed by atoms with Crippen LogP contribution in [0.25, 0.3) is 0 Å². The predicted octanol–water partition coefficient (Wildman–Crippen LogP) is 1.68. The average molecular weight is 243 g/mol. The molecule has 0 saturated heterocycles. The van der Waals surface area contributed by atoms with Crippen molar-refractivity contribution in [2.75, 3.05) is 14.1 Å². The molecular formula is C8H17Cl2N2P. The molecule has 78 valence electrons. The van der Waals surface area contributed by atoms with Crippen LogP contribution in [0.4, 0.5) is 0 Å². The molecule has 5 heteroatoms. The van der Waals surface area contributed by atoms with Gasteiger partial charge in [0.15, 0.2) is 0 Å². The summed E-state index contributed by atoms with van der Waals surface area (Å²) in [4.78, 5) is 0. The quantitative estimate of drug-likeness (QED) is 0.721. The highest BCUT2D eigenvalue weighted by atomic mass is 35.5. The van der Waals surface area contributed by atoms with Crippen molar-refractivity contribution in [3.8, 4) is 0 Å². The third kappa shape index (κ3) is 4.33. The first-order chi connectivity index (χ1) is 5.20. The van der Waals surface area contributed by atoms with Gasteiger partial charge >= 0.3 is 0 Å². The fraction of sp³-hybridized carbons (Fsp3) is 0.500. The highest BCUT2D eigenvalue weighted by molar-refractivity contribution is 7.19. The van der Waals surface area contributed by atoms with E-state index in [1.807, 2.05) is 14.1 Å². The number of rotatable bonds is 2. The lowest BCUT2D eigenvalue weighted by Gasteiger charge is -2.27. The van der Waals surface area contributed by atoms with Gasteiger partial charge in [0, 0.05) is 12.7 Å². The van der Waals surface area contributed by atoms with Gasteiger partial charge in [-0.25, -0.2) is 0 Å². The zero-order valence-electron chi connectivity index (χ0n) is 7.83. The largest absolute Gasteiger partial charge is 0.388 e.